The molecule has 0 saturated carbocycles. The first kappa shape index (κ1) is 26.5. The number of nitrogens with two attached hydrogens (primary N) is 1. The summed E-state index contributed by atoms with van der Waals surface area (Å²) in [6.07, 6.45) is 3.69. The van der Waals surface area contributed by atoms with Crippen LogP contribution in [0.3, 0.4) is 0 Å². The maximum atomic E-state index is 12.7. The van der Waals surface area contributed by atoms with Crippen molar-refractivity contribution >= 4 is 41.2 Å². The Morgan fingerprint density at radius 3 is 2.58 bits per heavy atom. The van der Waals surface area contributed by atoms with Crippen LogP contribution in [-0.2, 0) is 25.5 Å². The third-order valence-electron chi connectivity index (χ3n) is 4.89. The Kier molecular flexibility index (Phi) is 11.1. The highest BCUT2D eigenvalue weighted by molar-refractivity contribution is 5.87. The summed E-state index contributed by atoms with van der Waals surface area (Å²) in [7, 11) is 0. The van der Waals surface area contributed by atoms with Gasteiger partial charge in [0, 0.05) is 29.9 Å². The number of carboxylic acid groups (broad SMARTS) is 1. The van der Waals surface area contributed by atoms with Crippen LogP contribution in [0.15, 0.2) is 30.5 Å². The van der Waals surface area contributed by atoms with Gasteiger partial charge in [-0.25, -0.2) is 4.79 Å². The molecule has 1 amide bonds. The molecule has 1 heterocycles. The lowest BCUT2D eigenvalue weighted by Gasteiger charge is -2.18. The van der Waals surface area contributed by atoms with Gasteiger partial charge in [-0.1, -0.05) is 32.0 Å². The van der Waals surface area contributed by atoms with Crippen molar-refractivity contribution in [2.24, 2.45) is 11.7 Å². The molecule has 1 aromatic carbocycles. The van der Waals surface area contributed by atoms with E-state index in [0.717, 1.165) is 29.3 Å². The molecule has 0 aliphatic heterocycles. The molecule has 0 aliphatic rings. The highest BCUT2D eigenvalue weighted by Crippen LogP contribution is 2.19. The van der Waals surface area contributed by atoms with E-state index in [9.17, 15) is 14.4 Å². The van der Waals surface area contributed by atoms with Crippen LogP contribution in [-0.4, -0.2) is 46.6 Å². The van der Waals surface area contributed by atoms with Gasteiger partial charge in [0.1, 0.15) is 12.1 Å². The van der Waals surface area contributed by atoms with Crippen molar-refractivity contribution in [2.45, 2.75) is 58.0 Å². The number of aromatic amines is 1. The summed E-state index contributed by atoms with van der Waals surface area (Å²) in [5.74, 6) is -1.58. The van der Waals surface area contributed by atoms with E-state index in [4.69, 9.17) is 15.6 Å². The Morgan fingerprint density at radius 1 is 1.19 bits per heavy atom. The molecular formula is C22H32ClN3O5. The molecule has 31 heavy (non-hydrogen) atoms. The number of aromatic nitrogens is 1. The van der Waals surface area contributed by atoms with Crippen molar-refractivity contribution in [3.63, 3.8) is 0 Å². The normalized spacial score (nSPS) is 12.8. The van der Waals surface area contributed by atoms with Gasteiger partial charge in [0.15, 0.2) is 0 Å². The number of H-pyrrole nitrogens is 1. The molecule has 9 heteroatoms. The summed E-state index contributed by atoms with van der Waals surface area (Å²) in [5, 5.41) is 12.5. The largest absolute Gasteiger partial charge is 0.480 e. The molecule has 0 spiro atoms. The zero-order valence-corrected chi connectivity index (χ0v) is 18.7. The number of rotatable bonds is 12. The number of fused-ring (bicyclic) bond motifs is 1. The third kappa shape index (κ3) is 8.59. The van der Waals surface area contributed by atoms with Crippen LogP contribution in [0, 0.1) is 5.92 Å². The lowest BCUT2D eigenvalue weighted by Crippen LogP contribution is -2.44. The van der Waals surface area contributed by atoms with Gasteiger partial charge in [0.2, 0.25) is 5.91 Å². The molecule has 0 bridgehead atoms. The van der Waals surface area contributed by atoms with Crippen molar-refractivity contribution in [2.75, 3.05) is 6.61 Å². The monoisotopic (exact) mass is 453 g/mol. The molecule has 0 aliphatic carbocycles. The zero-order chi connectivity index (χ0) is 22.1. The molecule has 0 fully saturated rings. The van der Waals surface area contributed by atoms with Gasteiger partial charge in [0.25, 0.3) is 0 Å². The Labute approximate surface area is 188 Å². The Morgan fingerprint density at radius 2 is 1.90 bits per heavy atom. The number of carbonyl (C=O) groups excluding carboxylic acids is 2. The Hall–Kier alpha value is -2.58. The van der Waals surface area contributed by atoms with Crippen LogP contribution >= 0.6 is 12.4 Å². The van der Waals surface area contributed by atoms with Gasteiger partial charge in [-0.15, -0.1) is 12.4 Å². The SMILES string of the molecule is CC(C)CCCOC(=O)[C@@H](Cc1c[nH]c2ccccc12)NC(=O)CC[C@@H](N)C(=O)O.Cl. The Bertz CT molecular complexity index is 868. The van der Waals surface area contributed by atoms with Crippen LogP contribution in [0.5, 0.6) is 0 Å². The number of benzene rings is 1. The summed E-state index contributed by atoms with van der Waals surface area (Å²) >= 11 is 0. The minimum Gasteiger partial charge on any atom is -0.480 e. The van der Waals surface area contributed by atoms with E-state index in [-0.39, 0.29) is 31.7 Å². The van der Waals surface area contributed by atoms with Crippen molar-refractivity contribution < 1.29 is 24.2 Å². The molecule has 0 unspecified atom stereocenters. The lowest BCUT2D eigenvalue weighted by molar-refractivity contribution is -0.148. The second kappa shape index (κ2) is 13.0. The number of halogens is 1. The fraction of sp³-hybridized carbons (Fsp3) is 0.500. The van der Waals surface area contributed by atoms with E-state index in [1.165, 1.54) is 0 Å². The first-order chi connectivity index (χ1) is 14.3. The topological polar surface area (TPSA) is 135 Å². The lowest BCUT2D eigenvalue weighted by atomic mass is 10.0. The predicted octanol–water partition coefficient (Wildman–Crippen LogP) is 2.79. The fourth-order valence-corrected chi connectivity index (χ4v) is 3.16. The number of hydrogen-bond donors (Lipinski definition) is 4. The van der Waals surface area contributed by atoms with Crippen molar-refractivity contribution in [1.29, 1.82) is 0 Å². The van der Waals surface area contributed by atoms with Gasteiger partial charge in [-0.2, -0.15) is 0 Å². The fourth-order valence-electron chi connectivity index (χ4n) is 3.16. The van der Waals surface area contributed by atoms with Crippen molar-refractivity contribution in [1.82, 2.24) is 10.3 Å². The molecule has 0 radical (unpaired) electrons. The van der Waals surface area contributed by atoms with Crippen LogP contribution in [0.25, 0.3) is 10.9 Å². The summed E-state index contributed by atoms with van der Waals surface area (Å²) in [6, 6.07) is 5.72. The van der Waals surface area contributed by atoms with E-state index in [0.29, 0.717) is 12.5 Å². The number of amides is 1. The van der Waals surface area contributed by atoms with Crippen molar-refractivity contribution in [3.05, 3.63) is 36.0 Å². The summed E-state index contributed by atoms with van der Waals surface area (Å²) < 4.78 is 5.40. The van der Waals surface area contributed by atoms with Gasteiger partial charge < -0.3 is 25.9 Å². The highest BCUT2D eigenvalue weighted by Gasteiger charge is 2.24. The number of hydrogen-bond acceptors (Lipinski definition) is 5. The molecule has 0 saturated heterocycles. The van der Waals surface area contributed by atoms with Gasteiger partial charge in [-0.3, -0.25) is 9.59 Å². The minimum atomic E-state index is -1.16. The second-order valence-corrected chi connectivity index (χ2v) is 7.87. The first-order valence-electron chi connectivity index (χ1n) is 10.3. The molecule has 8 nitrogen and oxygen atoms in total. The van der Waals surface area contributed by atoms with Crippen molar-refractivity contribution in [3.8, 4) is 0 Å². The van der Waals surface area contributed by atoms with Crippen LogP contribution in [0.4, 0.5) is 0 Å². The maximum absolute atomic E-state index is 12.7. The number of carboxylic acids is 1. The molecule has 1 aromatic heterocycles. The minimum absolute atomic E-state index is 0. The first-order valence-corrected chi connectivity index (χ1v) is 10.3. The van der Waals surface area contributed by atoms with Gasteiger partial charge >= 0.3 is 11.9 Å². The highest BCUT2D eigenvalue weighted by atomic mass is 35.5. The number of nitrogens with one attached hydrogen (secondary N) is 2. The predicted molar refractivity (Wildman–Crippen MR) is 121 cm³/mol. The number of esters is 1. The maximum Gasteiger partial charge on any atom is 0.328 e. The average molecular weight is 454 g/mol. The van der Waals surface area contributed by atoms with E-state index in [1.807, 2.05) is 30.5 Å². The van der Waals surface area contributed by atoms with Crippen LogP contribution in [0.2, 0.25) is 0 Å². The smallest absolute Gasteiger partial charge is 0.328 e. The number of ether oxygens (including phenoxy) is 1. The molecule has 172 valence electrons. The standard InChI is InChI=1S/C22H31N3O5.ClH/c1-14(2)6-5-11-30-22(29)19(25-20(26)10-9-17(23)21(27)28)12-15-13-24-18-8-4-3-7-16(15)18;/h3-4,7-8,13-14,17,19,24H,5-6,9-12,23H2,1-2H3,(H,25,26)(H,27,28);1H/t17-,19-;/m1./s1. The van der Waals surface area contributed by atoms with Crippen LogP contribution < -0.4 is 11.1 Å². The average Bonchev–Trinajstić information content (AvgIpc) is 3.11. The molecule has 2 aromatic rings. The van der Waals surface area contributed by atoms with Gasteiger partial charge in [0.05, 0.1) is 6.61 Å². The number of carbonyl (C=O) groups is 3. The molecule has 5 N–H and O–H groups in total. The van der Waals surface area contributed by atoms with Gasteiger partial charge in [-0.05, 0) is 36.8 Å². The molecule has 2 rings (SSSR count). The molecule has 2 atom stereocenters. The molecular weight excluding hydrogens is 422 g/mol. The van der Waals surface area contributed by atoms with E-state index >= 15 is 0 Å². The third-order valence-corrected chi connectivity index (χ3v) is 4.89. The number of aliphatic carboxylic acids is 1. The van der Waals surface area contributed by atoms with Crippen LogP contribution in [0.1, 0.15) is 45.1 Å². The van der Waals surface area contributed by atoms with E-state index < -0.39 is 29.9 Å². The summed E-state index contributed by atoms with van der Waals surface area (Å²) in [6.45, 7) is 4.49. The quantitative estimate of drug-likeness (QED) is 0.288. The zero-order valence-electron chi connectivity index (χ0n) is 17.9. The summed E-state index contributed by atoms with van der Waals surface area (Å²) in [5.41, 5.74) is 7.28. The second-order valence-electron chi connectivity index (χ2n) is 7.87. The van der Waals surface area contributed by atoms with E-state index in [1.54, 1.807) is 0 Å². The summed E-state index contributed by atoms with van der Waals surface area (Å²) in [4.78, 5) is 39.0. The Balaban J connectivity index is 0.00000480. The number of para-hydroxylation sites is 1. The van der Waals surface area contributed by atoms with E-state index in [2.05, 4.69) is 24.1 Å².